The van der Waals surface area contributed by atoms with Crippen molar-refractivity contribution in [2.75, 3.05) is 32.6 Å². The van der Waals surface area contributed by atoms with Crippen molar-refractivity contribution >= 4 is 34.5 Å². The summed E-state index contributed by atoms with van der Waals surface area (Å²) < 4.78 is 5.60. The number of hydrogen-bond acceptors (Lipinski definition) is 6. The number of nitrogens with one attached hydrogen (secondary N) is 1. The van der Waals surface area contributed by atoms with Gasteiger partial charge in [0.2, 0.25) is 0 Å². The molecule has 0 radical (unpaired) electrons. The minimum atomic E-state index is -0.293. The highest BCUT2D eigenvalue weighted by atomic mass is 35.5. The number of carbonyl (C=O) groups excluding carboxylic acids is 1. The highest BCUT2D eigenvalue weighted by Crippen LogP contribution is 2.28. The molecule has 0 atom stereocenters. The third-order valence-corrected chi connectivity index (χ3v) is 4.11. The Kier molecular flexibility index (Phi) is 6.35. The smallest absolute Gasteiger partial charge is 0.275 e. The highest BCUT2D eigenvalue weighted by molar-refractivity contribution is 7.09. The maximum Gasteiger partial charge on any atom is 0.275 e. The summed E-state index contributed by atoms with van der Waals surface area (Å²) >= 11 is 7.54. The number of nitrogens with two attached hydrogens (primary N) is 1. The molecule has 1 aromatic carbocycles. The van der Waals surface area contributed by atoms with Crippen molar-refractivity contribution in [1.29, 1.82) is 0 Å². The fourth-order valence-electron chi connectivity index (χ4n) is 1.74. The first-order chi connectivity index (χ1) is 11.0. The largest absolute Gasteiger partial charge is 0.491 e. The number of aromatic nitrogens is 1. The van der Waals surface area contributed by atoms with Crippen molar-refractivity contribution < 1.29 is 9.53 Å². The van der Waals surface area contributed by atoms with E-state index in [-0.39, 0.29) is 5.91 Å². The summed E-state index contributed by atoms with van der Waals surface area (Å²) in [4.78, 5) is 18.3. The van der Waals surface area contributed by atoms with Gasteiger partial charge in [-0.15, -0.1) is 11.3 Å². The number of nitrogens with zero attached hydrogens (tertiary/aromatic N) is 2. The molecule has 6 nitrogen and oxygen atoms in total. The van der Waals surface area contributed by atoms with Crippen LogP contribution in [-0.2, 0) is 6.54 Å². The van der Waals surface area contributed by atoms with Crippen LogP contribution in [0.15, 0.2) is 23.6 Å². The van der Waals surface area contributed by atoms with E-state index in [4.69, 9.17) is 22.1 Å². The zero-order chi connectivity index (χ0) is 16.8. The highest BCUT2D eigenvalue weighted by Gasteiger charge is 2.11. The maximum absolute atomic E-state index is 12.1. The number of ether oxygens (including phenoxy) is 1. The van der Waals surface area contributed by atoms with E-state index in [1.807, 2.05) is 19.0 Å². The number of halogens is 1. The molecule has 1 heterocycles. The van der Waals surface area contributed by atoms with E-state index in [9.17, 15) is 4.79 Å². The fraction of sp³-hybridized carbons (Fsp3) is 0.333. The van der Waals surface area contributed by atoms with E-state index in [1.54, 1.807) is 23.6 Å². The predicted octanol–water partition coefficient (Wildman–Crippen LogP) is 2.45. The van der Waals surface area contributed by atoms with Crippen molar-refractivity contribution in [3.8, 4) is 5.75 Å². The van der Waals surface area contributed by atoms with Gasteiger partial charge in [-0.1, -0.05) is 11.6 Å². The Bertz CT molecular complexity index is 675. The number of hydrogen-bond donors (Lipinski definition) is 2. The minimum Gasteiger partial charge on any atom is -0.491 e. The average Bonchev–Trinajstić information content (AvgIpc) is 2.98. The molecular weight excluding hydrogens is 336 g/mol. The number of rotatable bonds is 7. The topological polar surface area (TPSA) is 80.5 Å². The van der Waals surface area contributed by atoms with Crippen molar-refractivity contribution in [3.05, 3.63) is 39.3 Å². The molecule has 23 heavy (non-hydrogen) atoms. The van der Waals surface area contributed by atoms with Gasteiger partial charge < -0.3 is 20.7 Å². The molecular formula is C15H19ClN4O2S. The van der Waals surface area contributed by atoms with Crippen LogP contribution in [0.5, 0.6) is 5.75 Å². The number of anilines is 1. The monoisotopic (exact) mass is 354 g/mol. The Morgan fingerprint density at radius 3 is 2.87 bits per heavy atom. The van der Waals surface area contributed by atoms with Gasteiger partial charge in [-0.25, -0.2) is 4.98 Å². The summed E-state index contributed by atoms with van der Waals surface area (Å²) in [5.41, 5.74) is 6.42. The summed E-state index contributed by atoms with van der Waals surface area (Å²) in [6.07, 6.45) is 0. The second kappa shape index (κ2) is 8.26. The Hall–Kier alpha value is -1.67. The lowest BCUT2D eigenvalue weighted by molar-refractivity contribution is 0.102. The van der Waals surface area contributed by atoms with Crippen molar-refractivity contribution in [2.45, 2.75) is 6.54 Å². The summed E-state index contributed by atoms with van der Waals surface area (Å²) in [7, 11) is 3.94. The molecule has 8 heteroatoms. The second-order valence-corrected chi connectivity index (χ2v) is 6.43. The number of benzene rings is 1. The third-order valence-electron chi connectivity index (χ3n) is 2.94. The van der Waals surface area contributed by atoms with E-state index in [0.29, 0.717) is 35.3 Å². The van der Waals surface area contributed by atoms with E-state index in [2.05, 4.69) is 10.3 Å². The quantitative estimate of drug-likeness (QED) is 0.798. The van der Waals surface area contributed by atoms with Gasteiger partial charge in [0.15, 0.2) is 0 Å². The molecule has 0 fully saturated rings. The molecule has 2 aromatic rings. The Morgan fingerprint density at radius 1 is 1.48 bits per heavy atom. The van der Waals surface area contributed by atoms with Crippen LogP contribution in [0.1, 0.15) is 15.5 Å². The molecule has 0 aliphatic carbocycles. The molecule has 2 rings (SSSR count). The number of carbonyl (C=O) groups is 1. The van der Waals surface area contributed by atoms with Crippen molar-refractivity contribution in [1.82, 2.24) is 9.88 Å². The summed E-state index contributed by atoms with van der Waals surface area (Å²) in [6.45, 7) is 1.66. The Balaban J connectivity index is 1.98. The van der Waals surface area contributed by atoms with Crippen LogP contribution in [0.3, 0.4) is 0 Å². The number of amides is 1. The average molecular weight is 355 g/mol. The lowest BCUT2D eigenvalue weighted by Crippen LogP contribution is -2.19. The van der Waals surface area contributed by atoms with Crippen LogP contribution in [-0.4, -0.2) is 43.0 Å². The van der Waals surface area contributed by atoms with E-state index in [0.717, 1.165) is 11.6 Å². The molecule has 124 valence electrons. The molecule has 1 amide bonds. The third kappa shape index (κ3) is 5.18. The van der Waals surface area contributed by atoms with E-state index < -0.39 is 0 Å². The SMILES string of the molecule is CN(C)CCOc1ccc(NC(=O)c2csc(CN)n2)cc1Cl. The first kappa shape index (κ1) is 17.7. The van der Waals surface area contributed by atoms with Gasteiger partial charge in [0.25, 0.3) is 5.91 Å². The molecule has 0 aliphatic heterocycles. The zero-order valence-electron chi connectivity index (χ0n) is 13.0. The van der Waals surface area contributed by atoms with E-state index in [1.165, 1.54) is 11.3 Å². The molecule has 0 unspecified atom stereocenters. The Labute approximate surface area is 144 Å². The van der Waals surface area contributed by atoms with Crippen LogP contribution in [0.4, 0.5) is 5.69 Å². The standard InChI is InChI=1S/C15H19ClN4O2S/c1-20(2)5-6-22-13-4-3-10(7-11(13)16)18-15(21)12-9-23-14(8-17)19-12/h3-4,7,9H,5-6,8,17H2,1-2H3,(H,18,21). The first-order valence-electron chi connectivity index (χ1n) is 7.02. The van der Waals surface area contributed by atoms with Gasteiger partial charge in [0.1, 0.15) is 23.1 Å². The summed E-state index contributed by atoms with van der Waals surface area (Å²) in [5, 5.41) is 5.60. The van der Waals surface area contributed by atoms with Crippen LogP contribution >= 0.6 is 22.9 Å². The van der Waals surface area contributed by atoms with Gasteiger partial charge >= 0.3 is 0 Å². The molecule has 3 N–H and O–H groups in total. The second-order valence-electron chi connectivity index (χ2n) is 5.08. The van der Waals surface area contributed by atoms with Gasteiger partial charge in [0.05, 0.1) is 5.02 Å². The van der Waals surface area contributed by atoms with Gasteiger partial charge in [0, 0.05) is 24.2 Å². The molecule has 0 saturated heterocycles. The van der Waals surface area contributed by atoms with Crippen LogP contribution in [0.2, 0.25) is 5.02 Å². The predicted molar refractivity (Wildman–Crippen MR) is 93.5 cm³/mol. The lowest BCUT2D eigenvalue weighted by Gasteiger charge is -2.12. The zero-order valence-corrected chi connectivity index (χ0v) is 14.6. The molecule has 0 bridgehead atoms. The summed E-state index contributed by atoms with van der Waals surface area (Å²) in [6, 6.07) is 5.13. The lowest BCUT2D eigenvalue weighted by atomic mass is 10.3. The molecule has 0 saturated carbocycles. The molecule has 0 aliphatic rings. The first-order valence-corrected chi connectivity index (χ1v) is 8.28. The maximum atomic E-state index is 12.1. The number of likely N-dealkylation sites (N-methyl/N-ethyl adjacent to an activating group) is 1. The normalized spacial score (nSPS) is 10.8. The summed E-state index contributed by atoms with van der Waals surface area (Å²) in [5.74, 6) is 0.295. The van der Waals surface area contributed by atoms with Crippen molar-refractivity contribution in [2.24, 2.45) is 5.73 Å². The van der Waals surface area contributed by atoms with Gasteiger partial charge in [-0.3, -0.25) is 4.79 Å². The fourth-order valence-corrected chi connectivity index (χ4v) is 2.63. The molecule has 1 aromatic heterocycles. The Morgan fingerprint density at radius 2 is 2.26 bits per heavy atom. The van der Waals surface area contributed by atoms with Crippen LogP contribution < -0.4 is 15.8 Å². The number of thiazole rings is 1. The van der Waals surface area contributed by atoms with Gasteiger partial charge in [-0.2, -0.15) is 0 Å². The molecule has 0 spiro atoms. The van der Waals surface area contributed by atoms with Crippen LogP contribution in [0, 0.1) is 0 Å². The van der Waals surface area contributed by atoms with Gasteiger partial charge in [-0.05, 0) is 32.3 Å². The van der Waals surface area contributed by atoms with Crippen molar-refractivity contribution in [3.63, 3.8) is 0 Å². The minimum absolute atomic E-state index is 0.293. The van der Waals surface area contributed by atoms with Crippen LogP contribution in [0.25, 0.3) is 0 Å². The van der Waals surface area contributed by atoms with E-state index >= 15 is 0 Å².